The minimum Gasteiger partial charge on any atom is -0.748 e. The molecule has 8 heteroatoms. The lowest BCUT2D eigenvalue weighted by molar-refractivity contribution is -0.157. The van der Waals surface area contributed by atoms with Crippen molar-refractivity contribution in [1.29, 1.82) is 0 Å². The van der Waals surface area contributed by atoms with Crippen molar-refractivity contribution in [3.8, 4) is 0 Å². The first-order valence-corrected chi connectivity index (χ1v) is 6.94. The van der Waals surface area contributed by atoms with E-state index in [9.17, 15) is 22.6 Å². The van der Waals surface area contributed by atoms with Gasteiger partial charge in [-0.25, -0.2) is 8.42 Å². The van der Waals surface area contributed by atoms with Crippen LogP contribution in [0, 0.1) is 11.8 Å². The fraction of sp³-hybridized carbons (Fsp3) is 0.800. The molecule has 0 spiro atoms. The molecule has 0 radical (unpaired) electrons. The Balaban J connectivity index is 4.06. The Morgan fingerprint density at radius 1 is 1.17 bits per heavy atom. The fourth-order valence-corrected chi connectivity index (χ4v) is 1.61. The van der Waals surface area contributed by atoms with E-state index >= 15 is 0 Å². The van der Waals surface area contributed by atoms with Crippen molar-refractivity contribution in [2.24, 2.45) is 11.8 Å². The van der Waals surface area contributed by atoms with Gasteiger partial charge in [0, 0.05) is 5.75 Å². The predicted octanol–water partition coefficient (Wildman–Crippen LogP) is -0.0899. The van der Waals surface area contributed by atoms with Crippen LogP contribution in [0.25, 0.3) is 0 Å². The van der Waals surface area contributed by atoms with Gasteiger partial charge in [-0.15, -0.1) is 0 Å². The van der Waals surface area contributed by atoms with Gasteiger partial charge < -0.3 is 14.0 Å². The first-order chi connectivity index (χ1) is 8.19. The van der Waals surface area contributed by atoms with Crippen molar-refractivity contribution in [1.82, 2.24) is 0 Å². The van der Waals surface area contributed by atoms with Gasteiger partial charge in [0.25, 0.3) is 0 Å². The number of ether oxygens (including phenoxy) is 2. The third-order valence-electron chi connectivity index (χ3n) is 2.48. The maximum Gasteiger partial charge on any atom is 0.309 e. The summed E-state index contributed by atoms with van der Waals surface area (Å²) in [6.07, 6.45) is -0.0586. The standard InChI is InChI=1S/C10H18O7S/c1-7(9(11)16-3)8(2)10(12)17-5-4-6-18(13,14)15/h7-8H,4-6H2,1-3H3,(H,13,14,15)/p-1. The van der Waals surface area contributed by atoms with Gasteiger partial charge in [0.1, 0.15) is 0 Å². The van der Waals surface area contributed by atoms with E-state index in [4.69, 9.17) is 4.74 Å². The zero-order chi connectivity index (χ0) is 14.3. The van der Waals surface area contributed by atoms with Crippen molar-refractivity contribution < 1.29 is 32.0 Å². The summed E-state index contributed by atoms with van der Waals surface area (Å²) >= 11 is 0. The van der Waals surface area contributed by atoms with Gasteiger partial charge in [0.15, 0.2) is 0 Å². The van der Waals surface area contributed by atoms with Gasteiger partial charge in [-0.3, -0.25) is 9.59 Å². The smallest absolute Gasteiger partial charge is 0.309 e. The van der Waals surface area contributed by atoms with Gasteiger partial charge in [-0.2, -0.15) is 0 Å². The monoisotopic (exact) mass is 281 g/mol. The maximum absolute atomic E-state index is 11.5. The summed E-state index contributed by atoms with van der Waals surface area (Å²) in [6.45, 7) is 2.87. The molecule has 0 aliphatic carbocycles. The number of rotatable bonds is 7. The molecule has 0 aliphatic heterocycles. The van der Waals surface area contributed by atoms with Gasteiger partial charge >= 0.3 is 11.9 Å². The molecule has 0 rings (SSSR count). The Morgan fingerprint density at radius 2 is 1.67 bits per heavy atom. The van der Waals surface area contributed by atoms with Gasteiger partial charge in [-0.05, 0) is 6.42 Å². The Labute approximate surface area is 106 Å². The third kappa shape index (κ3) is 6.55. The molecule has 0 saturated carbocycles. The third-order valence-corrected chi connectivity index (χ3v) is 3.27. The van der Waals surface area contributed by atoms with Crippen LogP contribution in [0.3, 0.4) is 0 Å². The summed E-state index contributed by atoms with van der Waals surface area (Å²) in [7, 11) is -3.07. The largest absolute Gasteiger partial charge is 0.748 e. The summed E-state index contributed by atoms with van der Waals surface area (Å²) in [5.41, 5.74) is 0. The molecular weight excluding hydrogens is 264 g/mol. The van der Waals surface area contributed by atoms with Crippen LogP contribution in [0.4, 0.5) is 0 Å². The van der Waals surface area contributed by atoms with Crippen molar-refractivity contribution in [2.45, 2.75) is 20.3 Å². The minimum absolute atomic E-state index is 0.0586. The zero-order valence-corrected chi connectivity index (χ0v) is 11.4. The van der Waals surface area contributed by atoms with Crippen LogP contribution < -0.4 is 0 Å². The quantitative estimate of drug-likeness (QED) is 0.364. The van der Waals surface area contributed by atoms with Gasteiger partial charge in [0.05, 0.1) is 35.7 Å². The van der Waals surface area contributed by atoms with Crippen LogP contribution in [0.15, 0.2) is 0 Å². The molecule has 0 amide bonds. The first-order valence-electron chi connectivity index (χ1n) is 5.37. The predicted molar refractivity (Wildman–Crippen MR) is 60.5 cm³/mol. The molecule has 0 aromatic carbocycles. The molecule has 7 nitrogen and oxygen atoms in total. The van der Waals surface area contributed by atoms with Crippen molar-refractivity contribution in [3.05, 3.63) is 0 Å². The maximum atomic E-state index is 11.5. The van der Waals surface area contributed by atoms with Crippen LogP contribution in [-0.2, 0) is 29.2 Å². The zero-order valence-electron chi connectivity index (χ0n) is 10.5. The molecule has 2 atom stereocenters. The minimum atomic E-state index is -4.29. The van der Waals surface area contributed by atoms with Crippen molar-refractivity contribution >= 4 is 22.1 Å². The number of hydrogen-bond acceptors (Lipinski definition) is 7. The number of esters is 2. The average Bonchev–Trinajstić information content (AvgIpc) is 2.30. The van der Waals surface area contributed by atoms with E-state index in [2.05, 4.69) is 4.74 Å². The molecule has 106 valence electrons. The van der Waals surface area contributed by atoms with E-state index in [0.717, 1.165) is 0 Å². The highest BCUT2D eigenvalue weighted by Crippen LogP contribution is 2.14. The Bertz CT molecular complexity index is 387. The molecule has 0 N–H and O–H groups in total. The van der Waals surface area contributed by atoms with E-state index in [-0.39, 0.29) is 13.0 Å². The van der Waals surface area contributed by atoms with Crippen LogP contribution in [-0.4, -0.2) is 44.4 Å². The molecular formula is C10H17O7S-. The Morgan fingerprint density at radius 3 is 2.11 bits per heavy atom. The highest BCUT2D eigenvalue weighted by atomic mass is 32.2. The SMILES string of the molecule is COC(=O)C(C)C(C)C(=O)OCCCS(=O)(=O)[O-]. The lowest BCUT2D eigenvalue weighted by Crippen LogP contribution is -2.28. The van der Waals surface area contributed by atoms with E-state index in [1.165, 1.54) is 21.0 Å². The Hall–Kier alpha value is -1.15. The number of methoxy groups -OCH3 is 1. The molecule has 0 saturated heterocycles. The van der Waals surface area contributed by atoms with E-state index in [0.29, 0.717) is 0 Å². The first kappa shape index (κ1) is 16.9. The van der Waals surface area contributed by atoms with E-state index < -0.39 is 39.6 Å². The second-order valence-electron chi connectivity index (χ2n) is 3.88. The van der Waals surface area contributed by atoms with Crippen LogP contribution in [0.1, 0.15) is 20.3 Å². The number of hydrogen-bond donors (Lipinski definition) is 0. The second-order valence-corrected chi connectivity index (χ2v) is 5.41. The van der Waals surface area contributed by atoms with Crippen LogP contribution in [0.2, 0.25) is 0 Å². The normalized spacial score (nSPS) is 14.7. The summed E-state index contributed by atoms with van der Waals surface area (Å²) in [5.74, 6) is -3.08. The number of carbonyl (C=O) groups is 2. The van der Waals surface area contributed by atoms with Crippen LogP contribution >= 0.6 is 0 Å². The highest BCUT2D eigenvalue weighted by Gasteiger charge is 2.27. The van der Waals surface area contributed by atoms with Crippen molar-refractivity contribution in [3.63, 3.8) is 0 Å². The van der Waals surface area contributed by atoms with Crippen LogP contribution in [0.5, 0.6) is 0 Å². The molecule has 0 aromatic rings. The second kappa shape index (κ2) is 7.32. The molecule has 0 fully saturated rings. The lowest BCUT2D eigenvalue weighted by Gasteiger charge is -2.16. The van der Waals surface area contributed by atoms with Crippen molar-refractivity contribution in [2.75, 3.05) is 19.5 Å². The molecule has 0 aromatic heterocycles. The molecule has 2 unspecified atom stereocenters. The molecule has 0 heterocycles. The summed E-state index contributed by atoms with van der Waals surface area (Å²) < 4.78 is 40.1. The summed E-state index contributed by atoms with van der Waals surface area (Å²) in [6, 6.07) is 0. The van der Waals surface area contributed by atoms with Gasteiger partial charge in [-0.1, -0.05) is 13.8 Å². The summed E-state index contributed by atoms with van der Waals surface area (Å²) in [5, 5.41) is 0. The fourth-order valence-electron chi connectivity index (χ4n) is 1.13. The molecule has 18 heavy (non-hydrogen) atoms. The molecule has 0 bridgehead atoms. The highest BCUT2D eigenvalue weighted by molar-refractivity contribution is 7.85. The Kier molecular flexibility index (Phi) is 6.85. The lowest BCUT2D eigenvalue weighted by atomic mass is 9.96. The average molecular weight is 281 g/mol. The van der Waals surface area contributed by atoms with E-state index in [1.54, 1.807) is 0 Å². The molecule has 0 aliphatic rings. The topological polar surface area (TPSA) is 110 Å². The van der Waals surface area contributed by atoms with Gasteiger partial charge in [0.2, 0.25) is 0 Å². The summed E-state index contributed by atoms with van der Waals surface area (Å²) in [4.78, 5) is 22.6. The number of carbonyl (C=O) groups excluding carboxylic acids is 2. The van der Waals surface area contributed by atoms with E-state index in [1.807, 2.05) is 0 Å².